The average molecular weight is 318 g/mol. The van der Waals surface area contributed by atoms with Crippen LogP contribution in [0.15, 0.2) is 0 Å². The van der Waals surface area contributed by atoms with Gasteiger partial charge in [0.2, 0.25) is 0 Å². The number of nitrogens with zero attached hydrogens (tertiary/aromatic N) is 1. The normalized spacial score (nSPS) is 23.8. The minimum absolute atomic E-state index is 0.350. The van der Waals surface area contributed by atoms with E-state index in [-0.39, 0.29) is 0 Å². The van der Waals surface area contributed by atoms with E-state index < -0.39 is 5.97 Å². The fraction of sp³-hybridized carbons (Fsp3) is 0.692. The van der Waals surface area contributed by atoms with Crippen molar-refractivity contribution in [3.8, 4) is 0 Å². The molecule has 6 heteroatoms. The molecule has 3 nitrogen and oxygen atoms in total. The second kappa shape index (κ2) is 6.50. The maximum Gasteiger partial charge on any atom is 0.347 e. The number of carboxylic acids is 1. The molecule has 1 aliphatic heterocycles. The Morgan fingerprint density at radius 3 is 2.68 bits per heavy atom. The predicted molar refractivity (Wildman–Crippen MR) is 84.7 cm³/mol. The van der Waals surface area contributed by atoms with Gasteiger partial charge in [0.05, 0.1) is 10.9 Å². The summed E-state index contributed by atoms with van der Waals surface area (Å²) in [5.41, 5.74) is 0.769. The summed E-state index contributed by atoms with van der Waals surface area (Å²) in [6.07, 6.45) is 0.747. The van der Waals surface area contributed by atoms with Crippen LogP contribution in [0, 0.1) is 5.92 Å². The molecule has 0 aliphatic carbocycles. The van der Waals surface area contributed by atoms with Gasteiger partial charge < -0.3 is 5.11 Å². The summed E-state index contributed by atoms with van der Waals surface area (Å²) in [5, 5.41) is 11.2. The van der Waals surface area contributed by atoms with Crippen molar-refractivity contribution in [2.45, 2.75) is 37.7 Å². The Bertz CT molecular complexity index is 459. The molecule has 1 N–H and O–H groups in total. The number of thioether (sulfide) groups is 2. The molecule has 0 amide bonds. The molecule has 0 aromatic carbocycles. The highest BCUT2D eigenvalue weighted by molar-refractivity contribution is 8.06. The van der Waals surface area contributed by atoms with Crippen molar-refractivity contribution >= 4 is 40.8 Å². The lowest BCUT2D eigenvalue weighted by molar-refractivity contribution is 0.0700. The van der Waals surface area contributed by atoms with Crippen LogP contribution in [0.5, 0.6) is 0 Å². The lowest BCUT2D eigenvalue weighted by Crippen LogP contribution is -2.15. The van der Waals surface area contributed by atoms with Crippen LogP contribution in [-0.4, -0.2) is 32.8 Å². The van der Waals surface area contributed by atoms with E-state index in [9.17, 15) is 9.90 Å². The first-order valence-corrected chi connectivity index (χ1v) is 9.36. The van der Waals surface area contributed by atoms with Gasteiger partial charge in [0, 0.05) is 16.8 Å². The van der Waals surface area contributed by atoms with Crippen LogP contribution in [0.4, 0.5) is 0 Å². The molecule has 1 saturated heterocycles. The van der Waals surface area contributed by atoms with Gasteiger partial charge in [-0.05, 0) is 12.3 Å². The molecule has 0 saturated carbocycles. The van der Waals surface area contributed by atoms with Crippen LogP contribution < -0.4 is 0 Å². The summed E-state index contributed by atoms with van der Waals surface area (Å²) < 4.78 is 0. The summed E-state index contributed by atoms with van der Waals surface area (Å²) in [6.45, 7) is 6.41. The van der Waals surface area contributed by atoms with Crippen LogP contribution in [-0.2, 0) is 6.42 Å². The highest BCUT2D eigenvalue weighted by Gasteiger charge is 2.29. The number of aromatic nitrogens is 1. The van der Waals surface area contributed by atoms with Crippen molar-refractivity contribution in [3.05, 3.63) is 15.6 Å². The Hall–Kier alpha value is -0.200. The molecule has 2 heterocycles. The molecule has 2 unspecified atom stereocenters. The van der Waals surface area contributed by atoms with E-state index in [1.54, 1.807) is 0 Å². The number of hydrogen-bond donors (Lipinski definition) is 1. The first kappa shape index (κ1) is 15.2. The van der Waals surface area contributed by atoms with Gasteiger partial charge in [0.25, 0.3) is 0 Å². The van der Waals surface area contributed by atoms with Crippen molar-refractivity contribution in [1.82, 2.24) is 4.98 Å². The topological polar surface area (TPSA) is 50.2 Å². The summed E-state index contributed by atoms with van der Waals surface area (Å²) in [5.74, 6) is 1.90. The number of rotatable bonds is 4. The van der Waals surface area contributed by atoms with Gasteiger partial charge in [-0.25, -0.2) is 9.78 Å². The second-order valence-electron chi connectivity index (χ2n) is 5.10. The van der Waals surface area contributed by atoms with Gasteiger partial charge in [-0.1, -0.05) is 20.8 Å². The highest BCUT2D eigenvalue weighted by atomic mass is 32.2. The molecule has 2 rings (SSSR count). The van der Waals surface area contributed by atoms with Crippen molar-refractivity contribution in [1.29, 1.82) is 0 Å². The molecule has 106 valence electrons. The number of thiazole rings is 1. The van der Waals surface area contributed by atoms with Crippen molar-refractivity contribution in [2.75, 3.05) is 11.5 Å². The second-order valence-corrected chi connectivity index (χ2v) is 8.86. The minimum Gasteiger partial charge on any atom is -0.477 e. The van der Waals surface area contributed by atoms with Gasteiger partial charge in [0.15, 0.2) is 0 Å². The molecular formula is C13H19NO2S3. The zero-order valence-corrected chi connectivity index (χ0v) is 13.8. The van der Waals surface area contributed by atoms with Gasteiger partial charge >= 0.3 is 5.97 Å². The van der Waals surface area contributed by atoms with E-state index in [1.807, 2.05) is 23.5 Å². The Kier molecular flexibility index (Phi) is 5.20. The van der Waals surface area contributed by atoms with Crippen molar-refractivity contribution in [3.63, 3.8) is 0 Å². The van der Waals surface area contributed by atoms with Crippen LogP contribution in [0.1, 0.15) is 46.4 Å². The maximum atomic E-state index is 11.3. The van der Waals surface area contributed by atoms with E-state index in [4.69, 9.17) is 0 Å². The lowest BCUT2D eigenvalue weighted by atomic mass is 10.1. The molecule has 0 spiro atoms. The third kappa shape index (κ3) is 3.67. The number of aromatic carboxylic acids is 1. The maximum absolute atomic E-state index is 11.3. The fourth-order valence-corrected chi connectivity index (χ4v) is 6.18. The number of carbonyl (C=O) groups is 1. The van der Waals surface area contributed by atoms with Crippen LogP contribution in [0.3, 0.4) is 0 Å². The van der Waals surface area contributed by atoms with E-state index >= 15 is 0 Å². The van der Waals surface area contributed by atoms with Gasteiger partial charge in [-0.15, -0.1) is 23.1 Å². The Morgan fingerprint density at radius 2 is 2.11 bits per heavy atom. The van der Waals surface area contributed by atoms with Gasteiger partial charge in [0.1, 0.15) is 9.88 Å². The summed E-state index contributed by atoms with van der Waals surface area (Å²) in [7, 11) is 0. The Balaban J connectivity index is 2.28. The first-order valence-electron chi connectivity index (χ1n) is 6.45. The molecule has 19 heavy (non-hydrogen) atoms. The predicted octanol–water partition coefficient (Wildman–Crippen LogP) is 3.95. The SMILES string of the molecule is CC(C)Cc1nc(C2SCCSC2C)sc1C(=O)O. The van der Waals surface area contributed by atoms with Crippen LogP contribution in [0.25, 0.3) is 0 Å². The largest absolute Gasteiger partial charge is 0.477 e. The molecule has 1 fully saturated rings. The first-order chi connectivity index (χ1) is 8.99. The highest BCUT2D eigenvalue weighted by Crippen LogP contribution is 2.44. The van der Waals surface area contributed by atoms with Gasteiger partial charge in [-0.3, -0.25) is 0 Å². The Morgan fingerprint density at radius 1 is 1.42 bits per heavy atom. The van der Waals surface area contributed by atoms with Crippen molar-refractivity contribution < 1.29 is 9.90 Å². The molecule has 1 aromatic rings. The summed E-state index contributed by atoms with van der Waals surface area (Å²) in [4.78, 5) is 16.4. The van der Waals surface area contributed by atoms with E-state index in [0.29, 0.717) is 21.3 Å². The zero-order valence-electron chi connectivity index (χ0n) is 11.4. The van der Waals surface area contributed by atoms with Crippen molar-refractivity contribution in [2.24, 2.45) is 5.92 Å². The van der Waals surface area contributed by atoms with Crippen LogP contribution in [0.2, 0.25) is 0 Å². The fourth-order valence-electron chi connectivity index (χ4n) is 2.09. The van der Waals surface area contributed by atoms with Gasteiger partial charge in [-0.2, -0.15) is 11.8 Å². The van der Waals surface area contributed by atoms with E-state index in [1.165, 1.54) is 17.1 Å². The Labute approximate surface area is 126 Å². The molecular weight excluding hydrogens is 298 g/mol. The standard InChI is InChI=1S/C13H19NO2S3/c1-7(2)6-9-11(13(15)16)19-12(14-9)10-8(3)17-4-5-18-10/h7-8,10H,4-6H2,1-3H3,(H,15,16). The summed E-state index contributed by atoms with van der Waals surface area (Å²) in [6, 6.07) is 0. The molecule has 1 aromatic heterocycles. The minimum atomic E-state index is -0.833. The molecule has 0 bridgehead atoms. The molecule has 2 atom stereocenters. The monoisotopic (exact) mass is 317 g/mol. The smallest absolute Gasteiger partial charge is 0.347 e. The zero-order chi connectivity index (χ0) is 14.0. The number of hydrogen-bond acceptors (Lipinski definition) is 5. The van der Waals surface area contributed by atoms with E-state index in [0.717, 1.165) is 22.9 Å². The lowest BCUT2D eigenvalue weighted by Gasteiger charge is -2.25. The summed E-state index contributed by atoms with van der Waals surface area (Å²) >= 11 is 5.24. The average Bonchev–Trinajstić information content (AvgIpc) is 2.72. The number of carboxylic acid groups (broad SMARTS) is 1. The molecule has 0 radical (unpaired) electrons. The third-order valence-electron chi connectivity index (χ3n) is 2.94. The third-order valence-corrected chi connectivity index (χ3v) is 7.36. The molecule has 1 aliphatic rings. The van der Waals surface area contributed by atoms with Crippen LogP contribution >= 0.6 is 34.9 Å². The van der Waals surface area contributed by atoms with E-state index in [2.05, 4.69) is 25.8 Å². The quantitative estimate of drug-likeness (QED) is 0.911.